The molecule has 2 atom stereocenters. The SMILES string of the molecule is CC(C)(C)OC(=O)N1CCC[C@H]1c1ncc(-c2cccc(-c3ccc4nc([C@@H]5CCCN5C(=O)OC(C)(C)C)n(COCC[Si](C)(C)C)c4c3)c2)[nH]1. The predicted molar refractivity (Wildman–Crippen MR) is 207 cm³/mol. The molecule has 2 aliphatic heterocycles. The van der Waals surface area contributed by atoms with Crippen LogP contribution in [0.3, 0.4) is 0 Å². The Kier molecular flexibility index (Phi) is 10.6. The Hall–Kier alpha value is -4.16. The quantitative estimate of drug-likeness (QED) is 0.135. The van der Waals surface area contributed by atoms with Gasteiger partial charge in [-0.3, -0.25) is 9.80 Å². The van der Waals surface area contributed by atoms with E-state index in [-0.39, 0.29) is 24.3 Å². The molecule has 0 aliphatic carbocycles. The molecule has 0 spiro atoms. The standard InChI is InChI=1S/C40H56N6O5Si/c1-39(2,3)50-37(47)44-19-11-15-32(44)35-41-25-31(42-35)29-14-10-13-27(23-29)28-17-18-30-34(24-28)46(26-49-21-22-52(7,8)9)36(43-30)33-16-12-20-45(33)38(48)51-40(4,5)6/h10,13-14,17-18,23-25,32-33H,11-12,15-16,19-22,26H2,1-9H3,(H,41,42)/t32-,33-/m0/s1. The minimum Gasteiger partial charge on any atom is -0.444 e. The van der Waals surface area contributed by atoms with Crippen LogP contribution in [0.1, 0.15) is 91.0 Å². The Morgan fingerprint density at radius 3 is 2.12 bits per heavy atom. The molecule has 6 rings (SSSR count). The average molecular weight is 729 g/mol. The van der Waals surface area contributed by atoms with Gasteiger partial charge >= 0.3 is 12.2 Å². The number of carbonyl (C=O) groups excluding carboxylic acids is 2. The highest BCUT2D eigenvalue weighted by molar-refractivity contribution is 6.76. The number of likely N-dealkylation sites (tertiary alicyclic amines) is 2. The van der Waals surface area contributed by atoms with Crippen LogP contribution < -0.4 is 0 Å². The number of benzene rings is 2. The van der Waals surface area contributed by atoms with E-state index in [4.69, 9.17) is 24.2 Å². The van der Waals surface area contributed by atoms with Crippen LogP contribution in [0.5, 0.6) is 0 Å². The molecule has 2 amide bonds. The summed E-state index contributed by atoms with van der Waals surface area (Å²) in [6.07, 6.45) is 4.67. The van der Waals surface area contributed by atoms with Crippen molar-refractivity contribution in [1.29, 1.82) is 0 Å². The van der Waals surface area contributed by atoms with Gasteiger partial charge in [0.25, 0.3) is 0 Å². The lowest BCUT2D eigenvalue weighted by Crippen LogP contribution is -2.37. The van der Waals surface area contributed by atoms with Gasteiger partial charge in [-0.1, -0.05) is 43.9 Å². The summed E-state index contributed by atoms with van der Waals surface area (Å²) < 4.78 is 20.0. The van der Waals surface area contributed by atoms with Crippen LogP contribution in [0.25, 0.3) is 33.4 Å². The van der Waals surface area contributed by atoms with Crippen LogP contribution >= 0.6 is 0 Å². The number of hydrogen-bond acceptors (Lipinski definition) is 7. The molecule has 12 heteroatoms. The Morgan fingerprint density at radius 2 is 1.46 bits per heavy atom. The number of nitrogens with zero attached hydrogens (tertiary/aromatic N) is 5. The minimum atomic E-state index is -1.28. The van der Waals surface area contributed by atoms with E-state index in [0.717, 1.165) is 76.8 Å². The zero-order chi connectivity index (χ0) is 37.4. The zero-order valence-electron chi connectivity index (χ0n) is 32.4. The molecule has 52 heavy (non-hydrogen) atoms. The number of imidazole rings is 2. The molecule has 2 saturated heterocycles. The van der Waals surface area contributed by atoms with Gasteiger partial charge in [-0.15, -0.1) is 0 Å². The van der Waals surface area contributed by atoms with E-state index < -0.39 is 19.3 Å². The fourth-order valence-electron chi connectivity index (χ4n) is 6.93. The molecule has 0 saturated carbocycles. The molecule has 1 N–H and O–H groups in total. The van der Waals surface area contributed by atoms with Gasteiger partial charge in [0.15, 0.2) is 0 Å². The van der Waals surface area contributed by atoms with Crippen molar-refractivity contribution in [2.75, 3.05) is 19.7 Å². The van der Waals surface area contributed by atoms with Crippen LogP contribution in [0, 0.1) is 0 Å². The summed E-state index contributed by atoms with van der Waals surface area (Å²) in [6, 6.07) is 15.4. The van der Waals surface area contributed by atoms with Crippen molar-refractivity contribution in [3.8, 4) is 22.4 Å². The number of aromatic nitrogens is 4. The minimum absolute atomic E-state index is 0.150. The Morgan fingerprint density at radius 1 is 0.846 bits per heavy atom. The summed E-state index contributed by atoms with van der Waals surface area (Å²) in [5.41, 5.74) is 4.68. The number of nitrogens with one attached hydrogen (secondary N) is 1. The van der Waals surface area contributed by atoms with E-state index in [1.165, 1.54) is 0 Å². The first-order valence-corrected chi connectivity index (χ1v) is 22.4. The second-order valence-electron chi connectivity index (χ2n) is 17.4. The molecule has 2 fully saturated rings. The number of aromatic amines is 1. The van der Waals surface area contributed by atoms with Crippen LogP contribution in [0.4, 0.5) is 9.59 Å². The number of H-pyrrole nitrogens is 1. The largest absolute Gasteiger partial charge is 0.444 e. The van der Waals surface area contributed by atoms with Crippen molar-refractivity contribution in [1.82, 2.24) is 29.3 Å². The zero-order valence-corrected chi connectivity index (χ0v) is 33.4. The summed E-state index contributed by atoms with van der Waals surface area (Å²) in [5.74, 6) is 1.60. The van der Waals surface area contributed by atoms with Crippen molar-refractivity contribution in [2.45, 2.75) is 123 Å². The summed E-state index contributed by atoms with van der Waals surface area (Å²) in [5, 5.41) is 0. The van der Waals surface area contributed by atoms with E-state index in [1.54, 1.807) is 4.90 Å². The first-order valence-electron chi connectivity index (χ1n) is 18.7. The Bertz CT molecular complexity index is 1900. The first-order chi connectivity index (χ1) is 24.5. The van der Waals surface area contributed by atoms with Gasteiger partial charge in [-0.05, 0) is 103 Å². The third-order valence-corrected chi connectivity index (χ3v) is 11.2. The lowest BCUT2D eigenvalue weighted by molar-refractivity contribution is 0.0200. The van der Waals surface area contributed by atoms with Crippen LogP contribution in [-0.2, 0) is 20.9 Å². The van der Waals surface area contributed by atoms with Gasteiger partial charge in [0, 0.05) is 33.3 Å². The molecule has 2 aromatic carbocycles. The Balaban J connectivity index is 1.29. The van der Waals surface area contributed by atoms with Crippen LogP contribution in [0.15, 0.2) is 48.7 Å². The third kappa shape index (κ3) is 8.89. The lowest BCUT2D eigenvalue weighted by atomic mass is 10.0. The molecule has 2 aromatic heterocycles. The molecule has 4 heterocycles. The highest BCUT2D eigenvalue weighted by Crippen LogP contribution is 2.37. The molecule has 0 bridgehead atoms. The second-order valence-corrected chi connectivity index (χ2v) is 23.0. The molecule has 0 radical (unpaired) electrons. The fourth-order valence-corrected chi connectivity index (χ4v) is 7.69. The maximum Gasteiger partial charge on any atom is 0.410 e. The van der Waals surface area contributed by atoms with E-state index in [2.05, 4.69) is 71.7 Å². The van der Waals surface area contributed by atoms with Crippen molar-refractivity contribution in [3.63, 3.8) is 0 Å². The normalized spacial score (nSPS) is 18.4. The van der Waals surface area contributed by atoms with Gasteiger partial charge in [0.2, 0.25) is 0 Å². The smallest absolute Gasteiger partial charge is 0.410 e. The monoisotopic (exact) mass is 728 g/mol. The lowest BCUT2D eigenvalue weighted by Gasteiger charge is -2.28. The highest BCUT2D eigenvalue weighted by atomic mass is 28.3. The van der Waals surface area contributed by atoms with Gasteiger partial charge in [-0.2, -0.15) is 0 Å². The maximum atomic E-state index is 13.3. The molecular weight excluding hydrogens is 673 g/mol. The molecule has 4 aromatic rings. The molecule has 280 valence electrons. The Labute approximate surface area is 309 Å². The van der Waals surface area contributed by atoms with E-state index >= 15 is 0 Å². The van der Waals surface area contributed by atoms with Gasteiger partial charge in [0.05, 0.1) is 35.0 Å². The maximum absolute atomic E-state index is 13.3. The van der Waals surface area contributed by atoms with E-state index in [1.807, 2.05) is 52.6 Å². The van der Waals surface area contributed by atoms with Crippen molar-refractivity contribution >= 4 is 31.3 Å². The summed E-state index contributed by atoms with van der Waals surface area (Å²) in [4.78, 5) is 43.2. The number of rotatable bonds is 9. The van der Waals surface area contributed by atoms with Crippen LogP contribution in [0.2, 0.25) is 25.7 Å². The number of hydrogen-bond donors (Lipinski definition) is 1. The summed E-state index contributed by atoms with van der Waals surface area (Å²) in [7, 11) is -1.28. The molecular formula is C40H56N6O5Si. The summed E-state index contributed by atoms with van der Waals surface area (Å²) in [6.45, 7) is 20.7. The van der Waals surface area contributed by atoms with Crippen molar-refractivity contribution < 1.29 is 23.8 Å². The van der Waals surface area contributed by atoms with E-state index in [9.17, 15) is 9.59 Å². The second kappa shape index (κ2) is 14.7. The summed E-state index contributed by atoms with van der Waals surface area (Å²) >= 11 is 0. The molecule has 0 unspecified atom stereocenters. The average Bonchev–Trinajstić information content (AvgIpc) is 3.86. The molecule has 2 aliphatic rings. The number of amides is 2. The third-order valence-electron chi connectivity index (χ3n) is 9.47. The van der Waals surface area contributed by atoms with Crippen LogP contribution in [-0.4, -0.2) is 80.5 Å². The topological polar surface area (TPSA) is 115 Å². The van der Waals surface area contributed by atoms with Crippen molar-refractivity contribution in [3.05, 3.63) is 60.3 Å². The fraction of sp³-hybridized carbons (Fsp3) is 0.550. The number of fused-ring (bicyclic) bond motifs is 1. The van der Waals surface area contributed by atoms with Crippen molar-refractivity contribution in [2.24, 2.45) is 0 Å². The number of ether oxygens (including phenoxy) is 3. The van der Waals surface area contributed by atoms with E-state index in [0.29, 0.717) is 26.4 Å². The first kappa shape index (κ1) is 37.6. The highest BCUT2D eigenvalue weighted by Gasteiger charge is 2.37. The molecule has 11 nitrogen and oxygen atoms in total. The number of carbonyl (C=O) groups is 2. The predicted octanol–water partition coefficient (Wildman–Crippen LogP) is 9.55. The van der Waals surface area contributed by atoms with Gasteiger partial charge in [0.1, 0.15) is 29.6 Å². The van der Waals surface area contributed by atoms with Gasteiger partial charge in [-0.25, -0.2) is 19.6 Å². The van der Waals surface area contributed by atoms with Gasteiger partial charge < -0.3 is 23.8 Å².